The summed E-state index contributed by atoms with van der Waals surface area (Å²) in [6.45, 7) is 0. The molecular formula is C11H6ClNO. The van der Waals surface area contributed by atoms with Crippen molar-refractivity contribution in [2.75, 3.05) is 0 Å². The lowest BCUT2D eigenvalue weighted by molar-refractivity contribution is 0.667. The second-order valence-corrected chi connectivity index (χ2v) is 3.50. The van der Waals surface area contributed by atoms with Gasteiger partial charge in [-0.05, 0) is 6.07 Å². The summed E-state index contributed by atoms with van der Waals surface area (Å²) < 4.78 is 5.59. The second-order valence-electron chi connectivity index (χ2n) is 3.09. The van der Waals surface area contributed by atoms with Crippen LogP contribution in [0.2, 0.25) is 5.02 Å². The van der Waals surface area contributed by atoms with E-state index in [0.29, 0.717) is 5.02 Å². The van der Waals surface area contributed by atoms with E-state index >= 15 is 0 Å². The van der Waals surface area contributed by atoms with Crippen LogP contribution in [-0.2, 0) is 0 Å². The normalized spacial score (nSPS) is 11.2. The number of hydrogen-bond acceptors (Lipinski definition) is 2. The van der Waals surface area contributed by atoms with Crippen molar-refractivity contribution in [2.24, 2.45) is 0 Å². The molecule has 0 aliphatic rings. The predicted octanol–water partition coefficient (Wildman–Crippen LogP) is 3.63. The van der Waals surface area contributed by atoms with Gasteiger partial charge in [0.2, 0.25) is 0 Å². The maximum absolute atomic E-state index is 6.05. The molecule has 2 heterocycles. The highest BCUT2D eigenvalue weighted by Gasteiger charge is 2.08. The minimum atomic E-state index is 0.632. The third kappa shape index (κ3) is 0.946. The molecule has 14 heavy (non-hydrogen) atoms. The lowest BCUT2D eigenvalue weighted by Gasteiger charge is -1.90. The molecule has 0 saturated carbocycles. The van der Waals surface area contributed by atoms with Crippen LogP contribution in [0.3, 0.4) is 0 Å². The summed E-state index contributed by atoms with van der Waals surface area (Å²) in [5.74, 6) is 0. The average Bonchev–Trinajstić information content (AvgIpc) is 2.57. The Kier molecular flexibility index (Phi) is 1.52. The fourth-order valence-electron chi connectivity index (χ4n) is 1.64. The monoisotopic (exact) mass is 203 g/mol. The van der Waals surface area contributed by atoms with Crippen LogP contribution in [-0.4, -0.2) is 4.98 Å². The van der Waals surface area contributed by atoms with E-state index in [-0.39, 0.29) is 0 Å². The van der Waals surface area contributed by atoms with Gasteiger partial charge in [-0.25, -0.2) is 0 Å². The maximum Gasteiger partial charge on any atom is 0.155 e. The van der Waals surface area contributed by atoms with Crippen LogP contribution in [0.1, 0.15) is 0 Å². The molecule has 0 unspecified atom stereocenters. The first-order chi connectivity index (χ1) is 6.86. The number of aromatic nitrogens is 1. The van der Waals surface area contributed by atoms with Gasteiger partial charge in [0.25, 0.3) is 0 Å². The highest BCUT2D eigenvalue weighted by molar-refractivity contribution is 6.37. The van der Waals surface area contributed by atoms with E-state index in [2.05, 4.69) is 4.98 Å². The van der Waals surface area contributed by atoms with Gasteiger partial charge in [-0.2, -0.15) is 0 Å². The summed E-state index contributed by atoms with van der Waals surface area (Å²) >= 11 is 6.05. The van der Waals surface area contributed by atoms with Crippen molar-refractivity contribution in [3.8, 4) is 0 Å². The molecule has 0 N–H and O–H groups in total. The Labute approximate surface area is 85.1 Å². The van der Waals surface area contributed by atoms with Crippen LogP contribution in [0.25, 0.3) is 21.9 Å². The Morgan fingerprint density at radius 2 is 1.93 bits per heavy atom. The van der Waals surface area contributed by atoms with E-state index in [0.717, 1.165) is 21.9 Å². The van der Waals surface area contributed by atoms with Crippen LogP contribution in [0.5, 0.6) is 0 Å². The number of nitrogens with zero attached hydrogens (tertiary/aromatic N) is 1. The Hall–Kier alpha value is -1.54. The fraction of sp³-hybridized carbons (Fsp3) is 0. The van der Waals surface area contributed by atoms with E-state index in [1.165, 1.54) is 0 Å². The standard InChI is InChI=1S/C11H6ClNO/c12-8-5-13-6-10-11(8)7-3-1-2-4-9(7)14-10/h1-6H. The minimum absolute atomic E-state index is 0.632. The molecule has 3 aromatic rings. The number of rotatable bonds is 0. The Bertz CT molecular complexity index is 615. The molecule has 0 atom stereocenters. The Morgan fingerprint density at radius 3 is 2.86 bits per heavy atom. The van der Waals surface area contributed by atoms with Crippen molar-refractivity contribution < 1.29 is 4.42 Å². The average molecular weight is 204 g/mol. The number of halogens is 1. The molecule has 3 rings (SSSR count). The van der Waals surface area contributed by atoms with Crippen molar-refractivity contribution in [1.29, 1.82) is 0 Å². The van der Waals surface area contributed by atoms with Gasteiger partial charge >= 0.3 is 0 Å². The van der Waals surface area contributed by atoms with Crippen molar-refractivity contribution in [3.05, 3.63) is 41.7 Å². The molecule has 0 aliphatic heterocycles. The summed E-state index contributed by atoms with van der Waals surface area (Å²) in [5.41, 5.74) is 1.58. The third-order valence-electron chi connectivity index (χ3n) is 2.24. The second kappa shape index (κ2) is 2.72. The van der Waals surface area contributed by atoms with Crippen molar-refractivity contribution in [1.82, 2.24) is 4.98 Å². The van der Waals surface area contributed by atoms with E-state index in [9.17, 15) is 0 Å². The molecule has 0 spiro atoms. The van der Waals surface area contributed by atoms with Gasteiger partial charge in [0, 0.05) is 17.0 Å². The SMILES string of the molecule is Clc1cncc2oc3ccccc3c12. The zero-order valence-corrected chi connectivity index (χ0v) is 7.95. The van der Waals surface area contributed by atoms with Gasteiger partial charge in [0.05, 0.1) is 11.2 Å². The van der Waals surface area contributed by atoms with E-state index in [1.54, 1.807) is 12.4 Å². The van der Waals surface area contributed by atoms with Crippen LogP contribution < -0.4 is 0 Å². The summed E-state index contributed by atoms with van der Waals surface area (Å²) in [5, 5.41) is 2.61. The van der Waals surface area contributed by atoms with E-state index in [1.807, 2.05) is 24.3 Å². The Balaban J connectivity index is 2.65. The number of fused-ring (bicyclic) bond motifs is 3. The molecule has 0 bridgehead atoms. The van der Waals surface area contributed by atoms with Gasteiger partial charge in [-0.3, -0.25) is 4.98 Å². The van der Waals surface area contributed by atoms with Gasteiger partial charge in [0.1, 0.15) is 5.58 Å². The van der Waals surface area contributed by atoms with Crippen molar-refractivity contribution >= 4 is 33.5 Å². The molecule has 0 fully saturated rings. The molecule has 1 aromatic carbocycles. The molecule has 3 heteroatoms. The highest BCUT2D eigenvalue weighted by Crippen LogP contribution is 2.32. The number of hydrogen-bond donors (Lipinski definition) is 0. The van der Waals surface area contributed by atoms with Gasteiger partial charge in [0.15, 0.2) is 5.58 Å². The molecule has 0 aliphatic carbocycles. The minimum Gasteiger partial charge on any atom is -0.454 e. The topological polar surface area (TPSA) is 26.0 Å². The smallest absolute Gasteiger partial charge is 0.155 e. The fourth-order valence-corrected chi connectivity index (χ4v) is 1.89. The number of pyridine rings is 1. The first-order valence-corrected chi connectivity index (χ1v) is 4.65. The number of benzene rings is 1. The molecule has 0 radical (unpaired) electrons. The molecule has 2 aromatic heterocycles. The molecule has 2 nitrogen and oxygen atoms in total. The van der Waals surface area contributed by atoms with Crippen LogP contribution >= 0.6 is 11.6 Å². The zero-order valence-electron chi connectivity index (χ0n) is 7.20. The molecule has 68 valence electrons. The summed E-state index contributed by atoms with van der Waals surface area (Å²) in [7, 11) is 0. The molecular weight excluding hydrogens is 198 g/mol. The summed E-state index contributed by atoms with van der Waals surface area (Å²) in [4.78, 5) is 3.98. The third-order valence-corrected chi connectivity index (χ3v) is 2.53. The lowest BCUT2D eigenvalue weighted by atomic mass is 10.2. The van der Waals surface area contributed by atoms with E-state index < -0.39 is 0 Å². The summed E-state index contributed by atoms with van der Waals surface area (Å²) in [6.07, 6.45) is 3.31. The van der Waals surface area contributed by atoms with Crippen LogP contribution in [0, 0.1) is 0 Å². The molecule has 0 saturated heterocycles. The largest absolute Gasteiger partial charge is 0.454 e. The van der Waals surface area contributed by atoms with Gasteiger partial charge in [-0.15, -0.1) is 0 Å². The van der Waals surface area contributed by atoms with Crippen LogP contribution in [0.4, 0.5) is 0 Å². The lowest BCUT2D eigenvalue weighted by Crippen LogP contribution is -1.71. The maximum atomic E-state index is 6.05. The van der Waals surface area contributed by atoms with Crippen molar-refractivity contribution in [3.63, 3.8) is 0 Å². The zero-order chi connectivity index (χ0) is 9.54. The number of para-hydroxylation sites is 1. The quantitative estimate of drug-likeness (QED) is 0.558. The number of furan rings is 1. The predicted molar refractivity (Wildman–Crippen MR) is 56.5 cm³/mol. The van der Waals surface area contributed by atoms with Gasteiger partial charge < -0.3 is 4.42 Å². The van der Waals surface area contributed by atoms with Crippen molar-refractivity contribution in [2.45, 2.75) is 0 Å². The van der Waals surface area contributed by atoms with E-state index in [4.69, 9.17) is 16.0 Å². The van der Waals surface area contributed by atoms with Crippen LogP contribution in [0.15, 0.2) is 41.1 Å². The summed E-state index contributed by atoms with van der Waals surface area (Å²) in [6, 6.07) is 7.82. The van der Waals surface area contributed by atoms with Gasteiger partial charge in [-0.1, -0.05) is 29.8 Å². The first-order valence-electron chi connectivity index (χ1n) is 4.27. The molecule has 0 amide bonds. The Morgan fingerprint density at radius 1 is 1.07 bits per heavy atom. The highest BCUT2D eigenvalue weighted by atomic mass is 35.5. The first kappa shape index (κ1) is 7.83.